The summed E-state index contributed by atoms with van der Waals surface area (Å²) in [7, 11) is 0. The van der Waals surface area contributed by atoms with Crippen molar-refractivity contribution in [2.75, 3.05) is 5.73 Å². The fraction of sp³-hybridized carbons (Fsp3) is 0.0769. The van der Waals surface area contributed by atoms with E-state index in [0.29, 0.717) is 5.69 Å². The molecule has 0 aliphatic rings. The summed E-state index contributed by atoms with van der Waals surface area (Å²) in [6, 6.07) is 8.19. The highest BCUT2D eigenvalue weighted by atomic mass is 19.1. The van der Waals surface area contributed by atoms with Crippen LogP contribution in [0.3, 0.4) is 0 Å². The molecule has 0 bridgehead atoms. The van der Waals surface area contributed by atoms with Gasteiger partial charge in [-0.2, -0.15) is 0 Å². The zero-order valence-electron chi connectivity index (χ0n) is 9.21. The van der Waals surface area contributed by atoms with E-state index in [1.807, 2.05) is 0 Å². The molecular formula is C13H11F2NO. The van der Waals surface area contributed by atoms with E-state index < -0.39 is 11.6 Å². The number of rotatable bonds is 2. The fourth-order valence-corrected chi connectivity index (χ4v) is 1.40. The smallest absolute Gasteiger partial charge is 0.167 e. The van der Waals surface area contributed by atoms with Crippen LogP contribution in [0.4, 0.5) is 14.5 Å². The molecule has 2 N–H and O–H groups in total. The van der Waals surface area contributed by atoms with Crippen molar-refractivity contribution in [3.8, 4) is 11.5 Å². The number of hydrogen-bond donors (Lipinski definition) is 1. The monoisotopic (exact) mass is 235 g/mol. The maximum atomic E-state index is 13.5. The average Bonchev–Trinajstić information content (AvgIpc) is 2.27. The van der Waals surface area contributed by atoms with Gasteiger partial charge in [-0.15, -0.1) is 0 Å². The van der Waals surface area contributed by atoms with Gasteiger partial charge < -0.3 is 10.5 Å². The molecule has 0 aliphatic heterocycles. The summed E-state index contributed by atoms with van der Waals surface area (Å²) in [5, 5.41) is 0. The third kappa shape index (κ3) is 2.53. The first kappa shape index (κ1) is 11.4. The van der Waals surface area contributed by atoms with Crippen LogP contribution >= 0.6 is 0 Å². The van der Waals surface area contributed by atoms with Gasteiger partial charge in [0.25, 0.3) is 0 Å². The number of nitrogen functional groups attached to an aromatic ring is 1. The van der Waals surface area contributed by atoms with Crippen LogP contribution in [0, 0.1) is 18.6 Å². The largest absolute Gasteiger partial charge is 0.454 e. The molecule has 2 rings (SSSR count). The standard InChI is InChI=1S/C13H11F2NO/c1-8-2-3-9(14)6-13(8)17-12-5-4-10(16)7-11(12)15/h2-7H,16H2,1H3. The summed E-state index contributed by atoms with van der Waals surface area (Å²) in [5.41, 5.74) is 6.45. The number of hydrogen-bond acceptors (Lipinski definition) is 2. The van der Waals surface area contributed by atoms with Crippen molar-refractivity contribution < 1.29 is 13.5 Å². The summed E-state index contributed by atoms with van der Waals surface area (Å²) in [6.07, 6.45) is 0. The van der Waals surface area contributed by atoms with Crippen molar-refractivity contribution >= 4 is 5.69 Å². The highest BCUT2D eigenvalue weighted by Crippen LogP contribution is 2.28. The summed E-state index contributed by atoms with van der Waals surface area (Å²) in [5.74, 6) is -0.698. The molecule has 0 amide bonds. The lowest BCUT2D eigenvalue weighted by molar-refractivity contribution is 0.436. The first-order valence-corrected chi connectivity index (χ1v) is 5.05. The molecule has 0 fully saturated rings. The van der Waals surface area contributed by atoms with Crippen LogP contribution in [0.1, 0.15) is 5.56 Å². The topological polar surface area (TPSA) is 35.2 Å². The Labute approximate surface area is 97.6 Å². The molecule has 0 radical (unpaired) electrons. The molecule has 17 heavy (non-hydrogen) atoms. The Morgan fingerprint density at radius 1 is 1.00 bits per heavy atom. The van der Waals surface area contributed by atoms with Crippen molar-refractivity contribution in [2.24, 2.45) is 0 Å². The number of ether oxygens (including phenoxy) is 1. The molecule has 0 aliphatic carbocycles. The highest BCUT2D eigenvalue weighted by Gasteiger charge is 2.07. The van der Waals surface area contributed by atoms with E-state index in [2.05, 4.69) is 0 Å². The third-order valence-corrected chi connectivity index (χ3v) is 2.33. The molecule has 0 saturated heterocycles. The van der Waals surface area contributed by atoms with Gasteiger partial charge >= 0.3 is 0 Å². The lowest BCUT2D eigenvalue weighted by Gasteiger charge is -2.09. The Hall–Kier alpha value is -2.10. The van der Waals surface area contributed by atoms with Crippen LogP contribution in [0.25, 0.3) is 0 Å². The second kappa shape index (κ2) is 4.41. The first-order chi connectivity index (χ1) is 8.06. The molecule has 0 atom stereocenters. The van der Waals surface area contributed by atoms with E-state index in [1.54, 1.807) is 13.0 Å². The minimum atomic E-state index is -0.575. The zero-order valence-corrected chi connectivity index (χ0v) is 9.21. The van der Waals surface area contributed by atoms with Crippen LogP contribution in [0.5, 0.6) is 11.5 Å². The van der Waals surface area contributed by atoms with Crippen LogP contribution in [0.2, 0.25) is 0 Å². The fourth-order valence-electron chi connectivity index (χ4n) is 1.40. The lowest BCUT2D eigenvalue weighted by atomic mass is 10.2. The van der Waals surface area contributed by atoms with E-state index in [9.17, 15) is 8.78 Å². The Kier molecular flexibility index (Phi) is 2.95. The van der Waals surface area contributed by atoms with Gasteiger partial charge in [0, 0.05) is 17.8 Å². The number of anilines is 1. The van der Waals surface area contributed by atoms with Crippen molar-refractivity contribution in [3.63, 3.8) is 0 Å². The third-order valence-electron chi connectivity index (χ3n) is 2.33. The molecule has 0 saturated carbocycles. The SMILES string of the molecule is Cc1ccc(F)cc1Oc1ccc(N)cc1F. The van der Waals surface area contributed by atoms with Gasteiger partial charge in [-0.05, 0) is 30.7 Å². The van der Waals surface area contributed by atoms with Crippen molar-refractivity contribution in [3.05, 3.63) is 53.6 Å². The van der Waals surface area contributed by atoms with E-state index in [-0.39, 0.29) is 11.5 Å². The maximum absolute atomic E-state index is 13.5. The van der Waals surface area contributed by atoms with Crippen LogP contribution in [0.15, 0.2) is 36.4 Å². The van der Waals surface area contributed by atoms with Gasteiger partial charge in [0.15, 0.2) is 11.6 Å². The molecule has 2 aromatic carbocycles. The second-order valence-corrected chi connectivity index (χ2v) is 3.70. The van der Waals surface area contributed by atoms with Crippen LogP contribution in [-0.4, -0.2) is 0 Å². The maximum Gasteiger partial charge on any atom is 0.167 e. The molecule has 0 aromatic heterocycles. The van der Waals surface area contributed by atoms with Gasteiger partial charge in [-0.25, -0.2) is 8.78 Å². The number of benzene rings is 2. The number of halogens is 2. The highest BCUT2D eigenvalue weighted by molar-refractivity contribution is 5.45. The van der Waals surface area contributed by atoms with E-state index in [0.717, 1.165) is 11.6 Å². The Bertz CT molecular complexity index is 555. The molecule has 88 valence electrons. The van der Waals surface area contributed by atoms with E-state index >= 15 is 0 Å². The second-order valence-electron chi connectivity index (χ2n) is 3.70. The average molecular weight is 235 g/mol. The van der Waals surface area contributed by atoms with Gasteiger partial charge in [-0.3, -0.25) is 0 Å². The summed E-state index contributed by atoms with van der Waals surface area (Å²) < 4.78 is 31.8. The minimum Gasteiger partial charge on any atom is -0.454 e. The van der Waals surface area contributed by atoms with Gasteiger partial charge in [0.2, 0.25) is 0 Å². The molecule has 4 heteroatoms. The Morgan fingerprint density at radius 2 is 1.76 bits per heavy atom. The predicted molar refractivity (Wildman–Crippen MR) is 62.0 cm³/mol. The zero-order chi connectivity index (χ0) is 12.4. The van der Waals surface area contributed by atoms with E-state index in [1.165, 1.54) is 24.3 Å². The Balaban J connectivity index is 2.34. The van der Waals surface area contributed by atoms with Crippen molar-refractivity contribution in [2.45, 2.75) is 6.92 Å². The van der Waals surface area contributed by atoms with Crippen LogP contribution < -0.4 is 10.5 Å². The van der Waals surface area contributed by atoms with Crippen molar-refractivity contribution in [1.82, 2.24) is 0 Å². The summed E-state index contributed by atoms with van der Waals surface area (Å²) in [6.45, 7) is 1.75. The van der Waals surface area contributed by atoms with Crippen molar-refractivity contribution in [1.29, 1.82) is 0 Å². The minimum absolute atomic E-state index is 0.0212. The quantitative estimate of drug-likeness (QED) is 0.806. The van der Waals surface area contributed by atoms with Gasteiger partial charge in [0.1, 0.15) is 11.6 Å². The van der Waals surface area contributed by atoms with Gasteiger partial charge in [0.05, 0.1) is 0 Å². The van der Waals surface area contributed by atoms with Crippen LogP contribution in [-0.2, 0) is 0 Å². The number of nitrogens with two attached hydrogens (primary N) is 1. The van der Waals surface area contributed by atoms with Gasteiger partial charge in [-0.1, -0.05) is 6.07 Å². The molecular weight excluding hydrogens is 224 g/mol. The number of aryl methyl sites for hydroxylation is 1. The molecule has 0 unspecified atom stereocenters. The Morgan fingerprint density at radius 3 is 2.47 bits per heavy atom. The molecule has 2 nitrogen and oxygen atoms in total. The normalized spacial score (nSPS) is 10.3. The summed E-state index contributed by atoms with van der Waals surface area (Å²) in [4.78, 5) is 0. The predicted octanol–water partition coefficient (Wildman–Crippen LogP) is 3.65. The van der Waals surface area contributed by atoms with E-state index in [4.69, 9.17) is 10.5 Å². The lowest BCUT2D eigenvalue weighted by Crippen LogP contribution is -1.93. The molecule has 0 spiro atoms. The molecule has 2 aromatic rings. The summed E-state index contributed by atoms with van der Waals surface area (Å²) >= 11 is 0. The first-order valence-electron chi connectivity index (χ1n) is 5.05. The molecule has 0 heterocycles.